The number of amides is 2. The van der Waals surface area contributed by atoms with E-state index in [4.69, 9.17) is 4.74 Å². The first kappa shape index (κ1) is 14.8. The first-order valence-corrected chi connectivity index (χ1v) is 8.82. The van der Waals surface area contributed by atoms with Crippen LogP contribution in [0.2, 0.25) is 0 Å². The fourth-order valence-electron chi connectivity index (χ4n) is 2.60. The Morgan fingerprint density at radius 1 is 1.27 bits per heavy atom. The molecule has 0 aliphatic carbocycles. The van der Waals surface area contributed by atoms with Gasteiger partial charge in [-0.2, -0.15) is 0 Å². The van der Waals surface area contributed by atoms with Gasteiger partial charge < -0.3 is 10.1 Å². The summed E-state index contributed by atoms with van der Waals surface area (Å²) in [5.74, 6) is -0.192. The topological polar surface area (TPSA) is 92.8 Å². The van der Waals surface area contributed by atoms with Gasteiger partial charge in [-0.1, -0.05) is 0 Å². The predicted molar refractivity (Wildman–Crippen MR) is 79.7 cm³/mol. The Morgan fingerprint density at radius 2 is 2.00 bits per heavy atom. The van der Waals surface area contributed by atoms with Crippen molar-refractivity contribution in [1.82, 2.24) is 5.32 Å². The highest BCUT2D eigenvalue weighted by atomic mass is 32.2. The molecule has 0 unspecified atom stereocenters. The molecule has 0 radical (unpaired) electrons. The van der Waals surface area contributed by atoms with Crippen molar-refractivity contribution < 1.29 is 22.7 Å². The summed E-state index contributed by atoms with van der Waals surface area (Å²) in [6.45, 7) is 0.849. The molecule has 3 rings (SSSR count). The van der Waals surface area contributed by atoms with Crippen LogP contribution in [-0.4, -0.2) is 51.1 Å². The number of hydrogen-bond acceptors (Lipinski definition) is 5. The lowest BCUT2D eigenvalue weighted by Crippen LogP contribution is -2.35. The smallest absolute Gasteiger partial charge is 0.414 e. The van der Waals surface area contributed by atoms with E-state index in [1.807, 2.05) is 0 Å². The van der Waals surface area contributed by atoms with Gasteiger partial charge in [-0.05, 0) is 30.7 Å². The molecule has 8 heteroatoms. The standard InChI is InChI=1S/C14H16N2O5S/c17-13(15-11-5-8-22(19,20)9-11)10-1-3-12(4-2-10)16-6-7-21-14(16)18/h1-4,11H,5-9H2,(H,15,17)/t11-/m1/s1. The van der Waals surface area contributed by atoms with Gasteiger partial charge in [0.1, 0.15) is 6.61 Å². The second kappa shape index (κ2) is 5.60. The van der Waals surface area contributed by atoms with E-state index >= 15 is 0 Å². The van der Waals surface area contributed by atoms with Crippen molar-refractivity contribution in [3.05, 3.63) is 29.8 Å². The molecule has 1 aromatic carbocycles. The highest BCUT2D eigenvalue weighted by Gasteiger charge is 2.29. The Bertz CT molecular complexity index is 698. The van der Waals surface area contributed by atoms with Gasteiger partial charge in [0.25, 0.3) is 5.91 Å². The molecule has 0 bridgehead atoms. The Labute approximate surface area is 128 Å². The third-order valence-electron chi connectivity index (χ3n) is 3.77. The molecule has 118 valence electrons. The number of carbonyl (C=O) groups is 2. The summed E-state index contributed by atoms with van der Waals surface area (Å²) in [6.07, 6.45) is 0.0551. The van der Waals surface area contributed by atoms with Crippen molar-refractivity contribution in [1.29, 1.82) is 0 Å². The van der Waals surface area contributed by atoms with Crippen molar-refractivity contribution in [2.24, 2.45) is 0 Å². The molecule has 7 nitrogen and oxygen atoms in total. The van der Waals surface area contributed by atoms with Crippen LogP contribution in [0.1, 0.15) is 16.8 Å². The summed E-state index contributed by atoms with van der Waals surface area (Å²) in [4.78, 5) is 25.0. The molecule has 22 heavy (non-hydrogen) atoms. The number of carbonyl (C=O) groups excluding carboxylic acids is 2. The number of cyclic esters (lactones) is 1. The van der Waals surface area contributed by atoms with Crippen molar-refractivity contribution in [2.75, 3.05) is 29.6 Å². The largest absolute Gasteiger partial charge is 0.447 e. The molecule has 0 spiro atoms. The quantitative estimate of drug-likeness (QED) is 0.877. The van der Waals surface area contributed by atoms with Gasteiger partial charge in [0.15, 0.2) is 9.84 Å². The van der Waals surface area contributed by atoms with Gasteiger partial charge in [-0.25, -0.2) is 13.2 Å². The third kappa shape index (κ3) is 3.06. The summed E-state index contributed by atoms with van der Waals surface area (Å²) >= 11 is 0. The number of nitrogens with one attached hydrogen (secondary N) is 1. The molecule has 2 saturated heterocycles. The van der Waals surface area contributed by atoms with Crippen molar-refractivity contribution in [2.45, 2.75) is 12.5 Å². The SMILES string of the molecule is O=C(N[C@@H]1CCS(=O)(=O)C1)c1ccc(N2CCOC2=O)cc1. The van der Waals surface area contributed by atoms with Gasteiger partial charge in [0, 0.05) is 17.3 Å². The highest BCUT2D eigenvalue weighted by molar-refractivity contribution is 7.91. The van der Waals surface area contributed by atoms with Crippen molar-refractivity contribution in [3.8, 4) is 0 Å². The number of rotatable bonds is 3. The third-order valence-corrected chi connectivity index (χ3v) is 5.54. The maximum atomic E-state index is 12.1. The first-order chi connectivity index (χ1) is 10.4. The molecule has 2 aliphatic rings. The van der Waals surface area contributed by atoms with E-state index in [-0.39, 0.29) is 23.5 Å². The number of benzene rings is 1. The molecule has 2 fully saturated rings. The lowest BCUT2D eigenvalue weighted by atomic mass is 10.1. The Hall–Kier alpha value is -2.09. The molecule has 1 aromatic rings. The van der Waals surface area contributed by atoms with Crippen LogP contribution in [0.3, 0.4) is 0 Å². The zero-order valence-corrected chi connectivity index (χ0v) is 12.6. The first-order valence-electron chi connectivity index (χ1n) is 7.00. The number of ether oxygens (including phenoxy) is 1. The minimum Gasteiger partial charge on any atom is -0.447 e. The summed E-state index contributed by atoms with van der Waals surface area (Å²) in [5.41, 5.74) is 1.10. The number of anilines is 1. The average molecular weight is 324 g/mol. The van der Waals surface area contributed by atoms with E-state index < -0.39 is 15.9 Å². The Balaban J connectivity index is 1.65. The molecular weight excluding hydrogens is 308 g/mol. The molecule has 1 atom stereocenters. The van der Waals surface area contributed by atoms with E-state index in [1.165, 1.54) is 4.90 Å². The van der Waals surface area contributed by atoms with E-state index in [1.54, 1.807) is 24.3 Å². The van der Waals surface area contributed by atoms with Crippen molar-refractivity contribution >= 4 is 27.5 Å². The molecule has 1 N–H and O–H groups in total. The van der Waals surface area contributed by atoms with Gasteiger partial charge in [-0.3, -0.25) is 9.69 Å². The van der Waals surface area contributed by atoms with Gasteiger partial charge in [0.2, 0.25) is 0 Å². The van der Waals surface area contributed by atoms with Crippen LogP contribution in [0.25, 0.3) is 0 Å². The second-order valence-electron chi connectivity index (χ2n) is 5.39. The highest BCUT2D eigenvalue weighted by Crippen LogP contribution is 2.19. The summed E-state index contributed by atoms with van der Waals surface area (Å²) in [7, 11) is -3.02. The maximum absolute atomic E-state index is 12.1. The Kier molecular flexibility index (Phi) is 3.78. The normalized spacial score (nSPS) is 23.4. The molecule has 2 heterocycles. The summed E-state index contributed by atoms with van der Waals surface area (Å²) in [5, 5.41) is 2.73. The van der Waals surface area contributed by atoms with Crippen LogP contribution in [0.5, 0.6) is 0 Å². The number of sulfone groups is 1. The van der Waals surface area contributed by atoms with Crippen LogP contribution < -0.4 is 10.2 Å². The molecule has 0 aromatic heterocycles. The van der Waals surface area contributed by atoms with E-state index in [0.29, 0.717) is 30.8 Å². The second-order valence-corrected chi connectivity index (χ2v) is 7.62. The predicted octanol–water partition coefficient (Wildman–Crippen LogP) is 0.560. The van der Waals surface area contributed by atoms with Crippen LogP contribution in [-0.2, 0) is 14.6 Å². The Morgan fingerprint density at radius 3 is 2.55 bits per heavy atom. The molecule has 0 saturated carbocycles. The van der Waals surface area contributed by atoms with Crippen LogP contribution in [0.15, 0.2) is 24.3 Å². The van der Waals surface area contributed by atoms with Crippen molar-refractivity contribution in [3.63, 3.8) is 0 Å². The molecule has 2 aliphatic heterocycles. The zero-order valence-electron chi connectivity index (χ0n) is 11.8. The van der Waals surface area contributed by atoms with Crippen LogP contribution in [0, 0.1) is 0 Å². The molecule has 2 amide bonds. The lowest BCUT2D eigenvalue weighted by molar-refractivity contribution is 0.0941. The minimum absolute atomic E-state index is 0.00353. The fraction of sp³-hybridized carbons (Fsp3) is 0.429. The fourth-order valence-corrected chi connectivity index (χ4v) is 4.27. The number of nitrogens with zero attached hydrogens (tertiary/aromatic N) is 1. The lowest BCUT2D eigenvalue weighted by Gasteiger charge is -2.14. The number of hydrogen-bond donors (Lipinski definition) is 1. The van der Waals surface area contributed by atoms with E-state index in [0.717, 1.165) is 0 Å². The van der Waals surface area contributed by atoms with Crippen LogP contribution in [0.4, 0.5) is 10.5 Å². The monoisotopic (exact) mass is 324 g/mol. The summed E-state index contributed by atoms with van der Waals surface area (Å²) < 4.78 is 27.6. The van der Waals surface area contributed by atoms with Gasteiger partial charge in [0.05, 0.1) is 18.1 Å². The zero-order chi connectivity index (χ0) is 15.7. The maximum Gasteiger partial charge on any atom is 0.414 e. The van der Waals surface area contributed by atoms with Gasteiger partial charge in [-0.15, -0.1) is 0 Å². The minimum atomic E-state index is -3.02. The molecular formula is C14H16N2O5S. The average Bonchev–Trinajstić information content (AvgIpc) is 3.04. The van der Waals surface area contributed by atoms with Crippen LogP contribution >= 0.6 is 0 Å². The van der Waals surface area contributed by atoms with E-state index in [2.05, 4.69) is 5.32 Å². The summed E-state index contributed by atoms with van der Waals surface area (Å²) in [6, 6.07) is 6.24. The van der Waals surface area contributed by atoms with Gasteiger partial charge >= 0.3 is 6.09 Å². The van der Waals surface area contributed by atoms with E-state index in [9.17, 15) is 18.0 Å².